The summed E-state index contributed by atoms with van der Waals surface area (Å²) < 4.78 is 7.01. The monoisotopic (exact) mass is 412 g/mol. The van der Waals surface area contributed by atoms with Crippen molar-refractivity contribution in [2.24, 2.45) is 7.05 Å². The molecule has 0 spiro atoms. The van der Waals surface area contributed by atoms with Crippen LogP contribution in [0.2, 0.25) is 0 Å². The molecule has 2 atom stereocenters. The molecule has 1 aliphatic rings. The van der Waals surface area contributed by atoms with Crippen molar-refractivity contribution >= 4 is 22.9 Å². The van der Waals surface area contributed by atoms with E-state index in [9.17, 15) is 14.9 Å². The molecule has 0 aromatic carbocycles. The number of aromatic nitrogens is 3. The maximum atomic E-state index is 12.7. The van der Waals surface area contributed by atoms with Gasteiger partial charge in [0.25, 0.3) is 0 Å². The van der Waals surface area contributed by atoms with Crippen molar-refractivity contribution in [3.8, 4) is 6.07 Å². The molecule has 9 nitrogen and oxygen atoms in total. The molecule has 0 N–H and O–H groups in total. The molecule has 2 aromatic heterocycles. The lowest BCUT2D eigenvalue weighted by Gasteiger charge is -2.45. The summed E-state index contributed by atoms with van der Waals surface area (Å²) in [5.74, 6) is 0.444. The lowest BCUT2D eigenvalue weighted by atomic mass is 10.1. The Kier molecular flexibility index (Phi) is 5.70. The Morgan fingerprint density at radius 1 is 1.30 bits per heavy atom. The van der Waals surface area contributed by atoms with Crippen LogP contribution in [0.4, 0.5) is 10.6 Å². The lowest BCUT2D eigenvalue weighted by Crippen LogP contribution is -2.60. The number of ether oxygens (including phenoxy) is 1. The maximum Gasteiger partial charge on any atom is 0.410 e. The molecular formula is C21H28N6O3. The van der Waals surface area contributed by atoms with Gasteiger partial charge in [0.2, 0.25) is 0 Å². The fourth-order valence-corrected chi connectivity index (χ4v) is 3.70. The topological polar surface area (TPSA) is 104 Å². The summed E-state index contributed by atoms with van der Waals surface area (Å²) in [5, 5.41) is 9.27. The molecule has 9 heteroatoms. The molecule has 0 saturated carbocycles. The van der Waals surface area contributed by atoms with Crippen molar-refractivity contribution in [3.63, 3.8) is 0 Å². The first kappa shape index (κ1) is 21.6. The van der Waals surface area contributed by atoms with Gasteiger partial charge in [-0.15, -0.1) is 0 Å². The average molecular weight is 412 g/mol. The molecular weight excluding hydrogens is 384 g/mol. The number of carbonyl (C=O) groups is 1. The number of nitrogens with zero attached hydrogens (tertiary/aromatic N) is 6. The average Bonchev–Trinajstić information content (AvgIpc) is 2.69. The van der Waals surface area contributed by atoms with E-state index in [-0.39, 0.29) is 29.6 Å². The summed E-state index contributed by atoms with van der Waals surface area (Å²) in [7, 11) is 1.63. The van der Waals surface area contributed by atoms with Crippen LogP contribution < -0.4 is 10.6 Å². The zero-order chi connectivity index (χ0) is 22.2. The molecule has 1 aliphatic heterocycles. The van der Waals surface area contributed by atoms with Crippen LogP contribution in [-0.4, -0.2) is 56.3 Å². The van der Waals surface area contributed by atoms with E-state index in [0.29, 0.717) is 29.9 Å². The Morgan fingerprint density at radius 3 is 2.60 bits per heavy atom. The second-order valence-electron chi connectivity index (χ2n) is 8.65. The molecule has 1 fully saturated rings. The number of rotatable bonds is 2. The molecule has 2 aromatic rings. The zero-order valence-electron chi connectivity index (χ0n) is 18.3. The van der Waals surface area contributed by atoms with Gasteiger partial charge < -0.3 is 14.5 Å². The number of hydrogen-bond acceptors (Lipinski definition) is 7. The summed E-state index contributed by atoms with van der Waals surface area (Å²) >= 11 is 0. The SMILES string of the molecule is CC[C@@H]1CN(c2nc(=O)n(C)c3ccc(C#N)nc23)[C@@H](C)CN1C(=O)OC(C)(C)C. The van der Waals surface area contributed by atoms with Crippen molar-refractivity contribution in [1.29, 1.82) is 5.26 Å². The summed E-state index contributed by atoms with van der Waals surface area (Å²) in [4.78, 5) is 37.7. The number of anilines is 1. The Bertz CT molecular complexity index is 1070. The van der Waals surface area contributed by atoms with Crippen molar-refractivity contribution in [2.45, 2.75) is 58.7 Å². The highest BCUT2D eigenvalue weighted by Crippen LogP contribution is 2.28. The minimum absolute atomic E-state index is 0.101. The fraction of sp³-hybridized carbons (Fsp3) is 0.571. The molecule has 1 saturated heterocycles. The van der Waals surface area contributed by atoms with Gasteiger partial charge >= 0.3 is 11.8 Å². The van der Waals surface area contributed by atoms with E-state index < -0.39 is 5.60 Å². The third-order valence-electron chi connectivity index (χ3n) is 5.26. The third-order valence-corrected chi connectivity index (χ3v) is 5.26. The van der Waals surface area contributed by atoms with Crippen LogP contribution in [-0.2, 0) is 11.8 Å². The number of piperazine rings is 1. The summed E-state index contributed by atoms with van der Waals surface area (Å²) in [6, 6.07) is 5.13. The van der Waals surface area contributed by atoms with E-state index in [1.165, 1.54) is 4.57 Å². The van der Waals surface area contributed by atoms with E-state index >= 15 is 0 Å². The molecule has 1 amide bonds. The summed E-state index contributed by atoms with van der Waals surface area (Å²) in [5.41, 5.74) is 0.411. The predicted octanol–water partition coefficient (Wildman–Crippen LogP) is 2.42. The van der Waals surface area contributed by atoms with Crippen LogP contribution in [0.15, 0.2) is 16.9 Å². The van der Waals surface area contributed by atoms with Crippen molar-refractivity contribution in [2.75, 3.05) is 18.0 Å². The number of pyridine rings is 1. The minimum Gasteiger partial charge on any atom is -0.444 e. The lowest BCUT2D eigenvalue weighted by molar-refractivity contribution is 0.0106. The third kappa shape index (κ3) is 4.08. The van der Waals surface area contributed by atoms with Crippen LogP contribution in [0.3, 0.4) is 0 Å². The van der Waals surface area contributed by atoms with Crippen molar-refractivity contribution in [3.05, 3.63) is 28.3 Å². The summed E-state index contributed by atoms with van der Waals surface area (Å²) in [6.07, 6.45) is 0.384. The van der Waals surface area contributed by atoms with E-state index in [1.54, 1.807) is 24.1 Å². The Balaban J connectivity index is 2.02. The number of amides is 1. The Morgan fingerprint density at radius 2 is 2.00 bits per heavy atom. The molecule has 0 aliphatic carbocycles. The molecule has 3 rings (SSSR count). The highest BCUT2D eigenvalue weighted by atomic mass is 16.6. The smallest absolute Gasteiger partial charge is 0.410 e. The molecule has 0 bridgehead atoms. The number of fused-ring (bicyclic) bond motifs is 1. The van der Waals surface area contributed by atoms with Gasteiger partial charge in [-0.1, -0.05) is 6.92 Å². The normalized spacial score (nSPS) is 19.6. The van der Waals surface area contributed by atoms with Gasteiger partial charge in [-0.05, 0) is 46.2 Å². The quantitative estimate of drug-likeness (QED) is 0.746. The molecule has 160 valence electrons. The van der Waals surface area contributed by atoms with Crippen LogP contribution in [0, 0.1) is 11.3 Å². The second-order valence-corrected chi connectivity index (χ2v) is 8.65. The van der Waals surface area contributed by atoms with Gasteiger partial charge in [-0.2, -0.15) is 10.2 Å². The first-order valence-electron chi connectivity index (χ1n) is 10.1. The molecule has 0 radical (unpaired) electrons. The number of nitriles is 1. The zero-order valence-corrected chi connectivity index (χ0v) is 18.3. The van der Waals surface area contributed by atoms with Crippen LogP contribution >= 0.6 is 0 Å². The van der Waals surface area contributed by atoms with Gasteiger partial charge in [-0.25, -0.2) is 14.6 Å². The Hall–Kier alpha value is -3.15. The van der Waals surface area contributed by atoms with Crippen molar-refractivity contribution in [1.82, 2.24) is 19.4 Å². The van der Waals surface area contributed by atoms with E-state index in [4.69, 9.17) is 4.74 Å². The minimum atomic E-state index is -0.573. The molecule has 30 heavy (non-hydrogen) atoms. The van der Waals surface area contributed by atoms with Gasteiger partial charge in [0.05, 0.1) is 11.6 Å². The first-order valence-corrected chi connectivity index (χ1v) is 10.1. The Labute approximate surface area is 175 Å². The molecule has 0 unspecified atom stereocenters. The number of hydrogen-bond donors (Lipinski definition) is 0. The number of aryl methyl sites for hydroxylation is 1. The highest BCUT2D eigenvalue weighted by Gasteiger charge is 2.37. The maximum absolute atomic E-state index is 12.7. The van der Waals surface area contributed by atoms with Crippen LogP contribution in [0.1, 0.15) is 46.7 Å². The van der Waals surface area contributed by atoms with Crippen LogP contribution in [0.5, 0.6) is 0 Å². The van der Waals surface area contributed by atoms with Gasteiger partial charge in [0.15, 0.2) is 5.82 Å². The standard InChI is InChI=1S/C21H28N6O3/c1-7-15-12-26(13(2)11-27(15)20(29)30-21(3,4)5)18-17-16(25(6)19(28)24-18)9-8-14(10-22)23-17/h8-9,13,15H,7,11-12H2,1-6H3/t13-,15+/m0/s1. The second kappa shape index (κ2) is 7.94. The van der Waals surface area contributed by atoms with E-state index in [0.717, 1.165) is 6.42 Å². The highest BCUT2D eigenvalue weighted by molar-refractivity contribution is 5.86. The van der Waals surface area contributed by atoms with Gasteiger partial charge in [-0.3, -0.25) is 4.57 Å². The largest absolute Gasteiger partial charge is 0.444 e. The van der Waals surface area contributed by atoms with Gasteiger partial charge in [0.1, 0.15) is 22.9 Å². The van der Waals surface area contributed by atoms with Gasteiger partial charge in [0, 0.05) is 26.2 Å². The van der Waals surface area contributed by atoms with E-state index in [1.807, 2.05) is 45.6 Å². The first-order chi connectivity index (χ1) is 14.1. The predicted molar refractivity (Wildman–Crippen MR) is 113 cm³/mol. The fourth-order valence-electron chi connectivity index (χ4n) is 3.70. The number of carbonyl (C=O) groups excluding carboxylic acids is 1. The molecule has 3 heterocycles. The van der Waals surface area contributed by atoms with Crippen molar-refractivity contribution < 1.29 is 9.53 Å². The van der Waals surface area contributed by atoms with Crippen LogP contribution in [0.25, 0.3) is 11.0 Å². The van der Waals surface area contributed by atoms with E-state index in [2.05, 4.69) is 9.97 Å². The summed E-state index contributed by atoms with van der Waals surface area (Å²) in [6.45, 7) is 10.5.